The Morgan fingerprint density at radius 3 is 1.38 bits per heavy atom. The molecule has 1 fully saturated rings. The molecule has 16 heavy (non-hydrogen) atoms. The molecule has 0 aromatic carbocycles. The Hall–Kier alpha value is -0.760. The molecule has 0 radical (unpaired) electrons. The normalized spacial score (nSPS) is 31.0. The van der Waals surface area contributed by atoms with Crippen LogP contribution in [0.1, 0.15) is 34.6 Å². The summed E-state index contributed by atoms with van der Waals surface area (Å²) in [5, 5.41) is 35.0. The van der Waals surface area contributed by atoms with Crippen LogP contribution in [0.15, 0.2) is 0 Å². The van der Waals surface area contributed by atoms with Crippen LogP contribution in [-0.4, -0.2) is 38.7 Å². The zero-order valence-electron chi connectivity index (χ0n) is 10.5. The summed E-state index contributed by atoms with van der Waals surface area (Å²) in [5.74, 6) is 2.07. The van der Waals surface area contributed by atoms with Gasteiger partial charge in [0.2, 0.25) is 0 Å². The molecule has 1 unspecified atom stereocenters. The maximum Gasteiger partial charge on any atom is 0.115 e. The molecule has 0 bridgehead atoms. The van der Waals surface area contributed by atoms with Crippen molar-refractivity contribution in [3.05, 3.63) is 0 Å². The number of hydrogen-bond donors (Lipinski definition) is 4. The third-order valence-electron chi connectivity index (χ3n) is 3.09. The molecule has 1 atom stereocenters. The van der Waals surface area contributed by atoms with Crippen LogP contribution in [-0.2, 0) is 0 Å². The first-order valence-electron chi connectivity index (χ1n) is 5.27. The largest absolute Gasteiger partial charge is 0.462 e. The van der Waals surface area contributed by atoms with Gasteiger partial charge in [-0.1, -0.05) is 27.7 Å². The predicted octanol–water partition coefficient (Wildman–Crippen LogP) is 0.475. The van der Waals surface area contributed by atoms with Crippen molar-refractivity contribution in [2.24, 2.45) is 10.8 Å². The molecule has 4 nitrogen and oxygen atoms in total. The van der Waals surface area contributed by atoms with Crippen LogP contribution in [0.3, 0.4) is 0 Å². The Morgan fingerprint density at radius 2 is 1.31 bits per heavy atom. The molecule has 0 aromatic rings. The molecule has 0 aliphatic heterocycles. The first-order chi connectivity index (χ1) is 7.08. The van der Waals surface area contributed by atoms with E-state index >= 15 is 0 Å². The Kier molecular flexibility index (Phi) is 4.81. The van der Waals surface area contributed by atoms with Crippen molar-refractivity contribution in [3.8, 4) is 12.0 Å². The Morgan fingerprint density at radius 1 is 1.00 bits per heavy atom. The SMILES string of the molecule is CC(O)C#CO.CC1(C)C(O)C(C)(C)C1O. The summed E-state index contributed by atoms with van der Waals surface area (Å²) in [6.45, 7) is 9.01. The molecule has 0 saturated heterocycles. The van der Waals surface area contributed by atoms with Crippen molar-refractivity contribution >= 4 is 0 Å². The fourth-order valence-electron chi connectivity index (χ4n) is 2.21. The molecule has 1 rings (SSSR count). The van der Waals surface area contributed by atoms with Gasteiger partial charge in [-0.15, -0.1) is 0 Å². The lowest BCUT2D eigenvalue weighted by Gasteiger charge is -2.59. The highest BCUT2D eigenvalue weighted by Gasteiger charge is 2.60. The van der Waals surface area contributed by atoms with E-state index in [1.807, 2.05) is 27.7 Å². The van der Waals surface area contributed by atoms with Gasteiger partial charge < -0.3 is 20.4 Å². The van der Waals surface area contributed by atoms with Crippen LogP contribution in [0, 0.1) is 22.9 Å². The van der Waals surface area contributed by atoms with Crippen molar-refractivity contribution in [1.29, 1.82) is 0 Å². The van der Waals surface area contributed by atoms with Crippen LogP contribution in [0.25, 0.3) is 0 Å². The number of aliphatic hydroxyl groups excluding tert-OH is 4. The van der Waals surface area contributed by atoms with Crippen LogP contribution >= 0.6 is 0 Å². The topological polar surface area (TPSA) is 80.9 Å². The number of rotatable bonds is 0. The van der Waals surface area contributed by atoms with Crippen molar-refractivity contribution in [1.82, 2.24) is 0 Å². The van der Waals surface area contributed by atoms with Gasteiger partial charge in [-0.3, -0.25) is 0 Å². The van der Waals surface area contributed by atoms with E-state index in [4.69, 9.17) is 10.2 Å². The lowest BCUT2D eigenvalue weighted by atomic mass is 9.51. The van der Waals surface area contributed by atoms with Crippen molar-refractivity contribution < 1.29 is 20.4 Å². The molecule has 0 heterocycles. The lowest BCUT2D eigenvalue weighted by molar-refractivity contribution is -0.247. The summed E-state index contributed by atoms with van der Waals surface area (Å²) in [7, 11) is 0. The van der Waals surface area contributed by atoms with E-state index in [2.05, 4.69) is 5.92 Å². The molecular weight excluding hydrogens is 208 g/mol. The highest BCUT2D eigenvalue weighted by atomic mass is 16.3. The van der Waals surface area contributed by atoms with Gasteiger partial charge in [0.25, 0.3) is 0 Å². The van der Waals surface area contributed by atoms with E-state index in [1.54, 1.807) is 6.11 Å². The maximum atomic E-state index is 9.51. The first kappa shape index (κ1) is 15.2. The molecular formula is C12H22O4. The van der Waals surface area contributed by atoms with Crippen LogP contribution in [0.2, 0.25) is 0 Å². The summed E-state index contributed by atoms with van der Waals surface area (Å²) in [6.07, 6.45) is 0.0949. The van der Waals surface area contributed by atoms with Gasteiger partial charge in [-0.25, -0.2) is 0 Å². The quantitative estimate of drug-likeness (QED) is 0.456. The number of aliphatic hydroxyl groups is 4. The zero-order chi connectivity index (χ0) is 13.1. The van der Waals surface area contributed by atoms with Crippen LogP contribution < -0.4 is 0 Å². The molecule has 94 valence electrons. The van der Waals surface area contributed by atoms with Crippen molar-refractivity contribution in [2.45, 2.75) is 52.9 Å². The van der Waals surface area contributed by atoms with E-state index in [0.29, 0.717) is 0 Å². The third kappa shape index (κ3) is 2.88. The molecule has 4 heteroatoms. The Labute approximate surface area is 96.9 Å². The zero-order valence-corrected chi connectivity index (χ0v) is 10.5. The van der Waals surface area contributed by atoms with Gasteiger partial charge in [0.1, 0.15) is 12.2 Å². The van der Waals surface area contributed by atoms with Crippen molar-refractivity contribution in [2.75, 3.05) is 0 Å². The smallest absolute Gasteiger partial charge is 0.115 e. The highest BCUT2D eigenvalue weighted by Crippen LogP contribution is 2.53. The third-order valence-corrected chi connectivity index (χ3v) is 3.09. The molecule has 0 spiro atoms. The van der Waals surface area contributed by atoms with Gasteiger partial charge in [-0.05, 0) is 12.8 Å². The van der Waals surface area contributed by atoms with Gasteiger partial charge in [0.05, 0.1) is 12.2 Å². The second-order valence-electron chi connectivity index (χ2n) is 5.38. The van der Waals surface area contributed by atoms with E-state index in [-0.39, 0.29) is 23.0 Å². The second kappa shape index (κ2) is 5.05. The number of hydrogen-bond acceptors (Lipinski definition) is 4. The minimum Gasteiger partial charge on any atom is -0.462 e. The maximum absolute atomic E-state index is 9.51. The average Bonchev–Trinajstić information content (AvgIpc) is 2.16. The monoisotopic (exact) mass is 230 g/mol. The van der Waals surface area contributed by atoms with Gasteiger partial charge in [0.15, 0.2) is 0 Å². The highest BCUT2D eigenvalue weighted by molar-refractivity contribution is 5.09. The Balaban J connectivity index is 0.000000325. The second-order valence-corrected chi connectivity index (χ2v) is 5.38. The van der Waals surface area contributed by atoms with Crippen LogP contribution in [0.5, 0.6) is 0 Å². The van der Waals surface area contributed by atoms with E-state index in [1.165, 1.54) is 6.92 Å². The van der Waals surface area contributed by atoms with Gasteiger partial charge >= 0.3 is 0 Å². The molecule has 0 aromatic heterocycles. The van der Waals surface area contributed by atoms with E-state index in [0.717, 1.165) is 0 Å². The fraction of sp³-hybridized carbons (Fsp3) is 0.833. The Bertz CT molecular complexity index is 253. The van der Waals surface area contributed by atoms with Gasteiger partial charge in [-0.2, -0.15) is 0 Å². The summed E-state index contributed by atoms with van der Waals surface area (Å²) in [5.41, 5.74) is -0.632. The van der Waals surface area contributed by atoms with E-state index in [9.17, 15) is 10.2 Å². The molecule has 4 N–H and O–H groups in total. The minimum absolute atomic E-state index is 0.316. The summed E-state index contributed by atoms with van der Waals surface area (Å²) >= 11 is 0. The minimum atomic E-state index is -0.713. The van der Waals surface area contributed by atoms with Crippen LogP contribution in [0.4, 0.5) is 0 Å². The van der Waals surface area contributed by atoms with Gasteiger partial charge in [0, 0.05) is 10.8 Å². The molecule has 0 amide bonds. The standard InChI is InChI=1S/C8H16O2.C4H6O2/c1-7(2)5(9)8(3,4)6(7)10;1-4(6)2-3-5/h5-6,9-10H,1-4H3;4-6H,1H3. The summed E-state index contributed by atoms with van der Waals surface area (Å²) in [6, 6.07) is 0. The van der Waals surface area contributed by atoms with E-state index < -0.39 is 6.10 Å². The molecule has 1 aliphatic rings. The predicted molar refractivity (Wildman–Crippen MR) is 61.0 cm³/mol. The summed E-state index contributed by atoms with van der Waals surface area (Å²) < 4.78 is 0. The average molecular weight is 230 g/mol. The molecule has 1 aliphatic carbocycles. The lowest BCUT2D eigenvalue weighted by Crippen LogP contribution is -2.67. The van der Waals surface area contributed by atoms with Crippen molar-refractivity contribution in [3.63, 3.8) is 0 Å². The first-order valence-corrected chi connectivity index (χ1v) is 5.27. The fourth-order valence-corrected chi connectivity index (χ4v) is 2.21. The summed E-state index contributed by atoms with van der Waals surface area (Å²) in [4.78, 5) is 0. The molecule has 1 saturated carbocycles.